The molecule has 0 unspecified atom stereocenters. The maximum atomic E-state index is 5.90. The highest BCUT2D eigenvalue weighted by molar-refractivity contribution is 5.52. The van der Waals surface area contributed by atoms with E-state index in [2.05, 4.69) is 5.10 Å². The van der Waals surface area contributed by atoms with Gasteiger partial charge in [-0.2, -0.15) is 5.10 Å². The van der Waals surface area contributed by atoms with Gasteiger partial charge in [-0.3, -0.25) is 0 Å². The molecule has 2 N–H and O–H groups in total. The van der Waals surface area contributed by atoms with E-state index in [1.165, 1.54) is 0 Å². The van der Waals surface area contributed by atoms with Crippen LogP contribution in [0, 0.1) is 6.92 Å². The first kappa shape index (κ1) is 13.8. The van der Waals surface area contributed by atoms with Crippen LogP contribution in [0.4, 0.5) is 5.69 Å². The van der Waals surface area contributed by atoms with Gasteiger partial charge in [0.1, 0.15) is 12.3 Å². The first-order valence-electron chi connectivity index (χ1n) is 5.94. The number of rotatable bonds is 5. The minimum atomic E-state index is -0.143. The Balaban J connectivity index is 2.52. The Morgan fingerprint density at radius 1 is 1.29 bits per heavy atom. The second-order valence-electron chi connectivity index (χ2n) is 4.93. The molecule has 0 aliphatic heterocycles. The van der Waals surface area contributed by atoms with Crippen LogP contribution in [0.15, 0.2) is 0 Å². The zero-order valence-electron chi connectivity index (χ0n) is 11.4. The van der Waals surface area contributed by atoms with Gasteiger partial charge in [0.25, 0.3) is 0 Å². The largest absolute Gasteiger partial charge is 0.474 e. The highest BCUT2D eigenvalue weighted by atomic mass is 16.5. The Morgan fingerprint density at radius 2 is 1.94 bits per heavy atom. The van der Waals surface area contributed by atoms with Gasteiger partial charge < -0.3 is 15.2 Å². The van der Waals surface area contributed by atoms with Crippen molar-refractivity contribution in [1.82, 2.24) is 9.78 Å². The average molecular weight is 241 g/mol. The molecule has 0 radical (unpaired) electrons. The van der Waals surface area contributed by atoms with E-state index in [9.17, 15) is 0 Å². The van der Waals surface area contributed by atoms with E-state index in [0.29, 0.717) is 24.8 Å². The monoisotopic (exact) mass is 241 g/mol. The molecular weight excluding hydrogens is 218 g/mol. The van der Waals surface area contributed by atoms with Crippen LogP contribution in [-0.2, 0) is 11.3 Å². The number of ether oxygens (including phenoxy) is 2. The van der Waals surface area contributed by atoms with Gasteiger partial charge in [-0.15, -0.1) is 0 Å². The molecule has 98 valence electrons. The Morgan fingerprint density at radius 3 is 2.47 bits per heavy atom. The Hall–Kier alpha value is -1.23. The summed E-state index contributed by atoms with van der Waals surface area (Å²) in [5, 5.41) is 4.28. The number of aromatic nitrogens is 2. The lowest BCUT2D eigenvalue weighted by Crippen LogP contribution is -2.23. The van der Waals surface area contributed by atoms with Crippen molar-refractivity contribution >= 4 is 5.69 Å². The van der Waals surface area contributed by atoms with E-state index >= 15 is 0 Å². The number of hydrogen-bond acceptors (Lipinski definition) is 4. The Labute approximate surface area is 103 Å². The maximum Gasteiger partial charge on any atom is 0.236 e. The number of aryl methyl sites for hydroxylation is 2. The Kier molecular flexibility index (Phi) is 4.40. The van der Waals surface area contributed by atoms with Gasteiger partial charge in [-0.05, 0) is 34.6 Å². The minimum Gasteiger partial charge on any atom is -0.474 e. The summed E-state index contributed by atoms with van der Waals surface area (Å²) in [6, 6.07) is 0. The van der Waals surface area contributed by atoms with Gasteiger partial charge in [0, 0.05) is 6.54 Å². The zero-order valence-corrected chi connectivity index (χ0v) is 11.4. The van der Waals surface area contributed by atoms with Crippen molar-refractivity contribution in [1.29, 1.82) is 0 Å². The predicted molar refractivity (Wildman–Crippen MR) is 68.3 cm³/mol. The molecule has 0 fully saturated rings. The van der Waals surface area contributed by atoms with Gasteiger partial charge >= 0.3 is 0 Å². The number of nitrogens with two attached hydrogens (primary N) is 1. The lowest BCUT2D eigenvalue weighted by molar-refractivity contribution is -0.0172. The van der Waals surface area contributed by atoms with Crippen molar-refractivity contribution in [2.24, 2.45) is 0 Å². The summed E-state index contributed by atoms with van der Waals surface area (Å²) < 4.78 is 13.0. The van der Waals surface area contributed by atoms with Gasteiger partial charge in [0.05, 0.1) is 17.9 Å². The van der Waals surface area contributed by atoms with Gasteiger partial charge in [0.2, 0.25) is 5.88 Å². The number of nitrogen functional groups attached to an aromatic ring is 1. The van der Waals surface area contributed by atoms with E-state index in [4.69, 9.17) is 15.2 Å². The molecule has 0 aliphatic carbocycles. The maximum absolute atomic E-state index is 5.90. The van der Waals surface area contributed by atoms with Crippen molar-refractivity contribution in [3.8, 4) is 5.88 Å². The van der Waals surface area contributed by atoms with Gasteiger partial charge in [0.15, 0.2) is 0 Å². The zero-order chi connectivity index (χ0) is 13.1. The smallest absolute Gasteiger partial charge is 0.236 e. The van der Waals surface area contributed by atoms with Crippen molar-refractivity contribution in [3.63, 3.8) is 0 Å². The minimum absolute atomic E-state index is 0.143. The first-order chi connectivity index (χ1) is 7.85. The molecule has 0 spiro atoms. The fraction of sp³-hybridized carbons (Fsp3) is 0.750. The summed E-state index contributed by atoms with van der Waals surface area (Å²) in [6.07, 6.45) is 0. The predicted octanol–water partition coefficient (Wildman–Crippen LogP) is 1.99. The van der Waals surface area contributed by atoms with E-state index in [-0.39, 0.29) is 5.60 Å². The van der Waals surface area contributed by atoms with Crippen molar-refractivity contribution in [2.45, 2.75) is 46.8 Å². The van der Waals surface area contributed by atoms with E-state index < -0.39 is 0 Å². The molecule has 0 atom stereocenters. The highest BCUT2D eigenvalue weighted by Crippen LogP contribution is 2.24. The molecule has 0 aliphatic rings. The summed E-state index contributed by atoms with van der Waals surface area (Å²) in [6.45, 7) is 11.7. The fourth-order valence-corrected chi connectivity index (χ4v) is 1.43. The van der Waals surface area contributed by atoms with Crippen molar-refractivity contribution < 1.29 is 9.47 Å². The molecule has 1 aromatic heterocycles. The lowest BCUT2D eigenvalue weighted by atomic mass is 10.2. The third kappa shape index (κ3) is 3.93. The quantitative estimate of drug-likeness (QED) is 0.801. The number of anilines is 1. The molecule has 5 nitrogen and oxygen atoms in total. The SMILES string of the molecule is CCn1nc(C)c(N)c1OCCOC(C)(C)C. The van der Waals surface area contributed by atoms with Crippen LogP contribution in [0.5, 0.6) is 5.88 Å². The van der Waals surface area contributed by atoms with E-state index in [1.54, 1.807) is 4.68 Å². The summed E-state index contributed by atoms with van der Waals surface area (Å²) in [5.74, 6) is 0.641. The van der Waals surface area contributed by atoms with Crippen molar-refractivity contribution in [2.75, 3.05) is 18.9 Å². The van der Waals surface area contributed by atoms with Crippen LogP contribution in [0.2, 0.25) is 0 Å². The van der Waals surface area contributed by atoms with Gasteiger partial charge in [-0.1, -0.05) is 0 Å². The molecule has 1 heterocycles. The standard InChI is InChI=1S/C12H23N3O2/c1-6-15-11(10(13)9(2)14-15)16-7-8-17-12(3,4)5/h6-8,13H2,1-5H3. The first-order valence-corrected chi connectivity index (χ1v) is 5.94. The molecule has 1 aromatic rings. The van der Waals surface area contributed by atoms with Crippen LogP contribution in [0.1, 0.15) is 33.4 Å². The second kappa shape index (κ2) is 5.40. The molecule has 0 saturated heterocycles. The molecule has 0 amide bonds. The molecule has 1 rings (SSSR count). The van der Waals surface area contributed by atoms with Crippen LogP contribution in [0.25, 0.3) is 0 Å². The second-order valence-corrected chi connectivity index (χ2v) is 4.93. The lowest BCUT2D eigenvalue weighted by Gasteiger charge is -2.19. The number of nitrogens with zero attached hydrogens (tertiary/aromatic N) is 2. The highest BCUT2D eigenvalue weighted by Gasteiger charge is 2.14. The normalized spacial score (nSPS) is 11.8. The third-order valence-electron chi connectivity index (χ3n) is 2.28. The molecule has 5 heteroatoms. The summed E-state index contributed by atoms with van der Waals surface area (Å²) in [7, 11) is 0. The Bertz CT molecular complexity index is 367. The summed E-state index contributed by atoms with van der Waals surface area (Å²) in [5.41, 5.74) is 7.17. The molecule has 0 bridgehead atoms. The van der Waals surface area contributed by atoms with Crippen LogP contribution in [-0.4, -0.2) is 28.6 Å². The molecule has 0 aromatic carbocycles. The van der Waals surface area contributed by atoms with Crippen LogP contribution in [0.3, 0.4) is 0 Å². The van der Waals surface area contributed by atoms with E-state index in [1.807, 2.05) is 34.6 Å². The van der Waals surface area contributed by atoms with Gasteiger partial charge in [-0.25, -0.2) is 4.68 Å². The summed E-state index contributed by atoms with van der Waals surface area (Å²) >= 11 is 0. The van der Waals surface area contributed by atoms with Crippen molar-refractivity contribution in [3.05, 3.63) is 5.69 Å². The topological polar surface area (TPSA) is 62.3 Å². The van der Waals surface area contributed by atoms with Crippen LogP contribution >= 0.6 is 0 Å². The fourth-order valence-electron chi connectivity index (χ4n) is 1.43. The number of hydrogen-bond donors (Lipinski definition) is 1. The molecule has 17 heavy (non-hydrogen) atoms. The average Bonchev–Trinajstić information content (AvgIpc) is 2.49. The van der Waals surface area contributed by atoms with E-state index in [0.717, 1.165) is 12.2 Å². The molecular formula is C12H23N3O2. The molecule has 0 saturated carbocycles. The van der Waals surface area contributed by atoms with Crippen LogP contribution < -0.4 is 10.5 Å². The third-order valence-corrected chi connectivity index (χ3v) is 2.28. The summed E-state index contributed by atoms with van der Waals surface area (Å²) in [4.78, 5) is 0.